The van der Waals surface area contributed by atoms with E-state index >= 15 is 0 Å². The van der Waals surface area contributed by atoms with Gasteiger partial charge >= 0.3 is 6.03 Å². The Hall–Kier alpha value is -1.66. The van der Waals surface area contributed by atoms with Gasteiger partial charge in [-0.15, -0.1) is 11.6 Å². The van der Waals surface area contributed by atoms with Gasteiger partial charge in [-0.05, 0) is 32.8 Å². The van der Waals surface area contributed by atoms with Gasteiger partial charge in [0.25, 0.3) is 0 Å². The number of azo groups is 1. The fraction of sp³-hybridized carbons (Fsp3) is 0.533. The number of hydrazine groups is 1. The van der Waals surface area contributed by atoms with Crippen LogP contribution in [0.5, 0.6) is 0 Å². The Labute approximate surface area is 136 Å². The summed E-state index contributed by atoms with van der Waals surface area (Å²) in [5.41, 5.74) is 0.373. The third-order valence-electron chi connectivity index (χ3n) is 2.88. The third-order valence-corrected chi connectivity index (χ3v) is 3.05. The summed E-state index contributed by atoms with van der Waals surface area (Å²) in [6.07, 6.45) is 0.795. The molecule has 122 valence electrons. The lowest BCUT2D eigenvalue weighted by Gasteiger charge is -2.24. The molecule has 0 radical (unpaired) electrons. The van der Waals surface area contributed by atoms with Crippen molar-refractivity contribution in [1.82, 2.24) is 10.3 Å². The van der Waals surface area contributed by atoms with Gasteiger partial charge in [0.05, 0.1) is 12.6 Å². The highest BCUT2D eigenvalue weighted by Gasteiger charge is 2.22. The minimum atomic E-state index is -0.827. The average molecular weight is 326 g/mol. The SMILES string of the molecule is CC(Cc1ccccc1)N=NC(C)(C)NC(=O)N(N)CCCl. The van der Waals surface area contributed by atoms with Crippen molar-refractivity contribution in [2.75, 3.05) is 12.4 Å². The van der Waals surface area contributed by atoms with Gasteiger partial charge in [-0.25, -0.2) is 10.6 Å². The Morgan fingerprint density at radius 1 is 1.41 bits per heavy atom. The van der Waals surface area contributed by atoms with E-state index in [9.17, 15) is 4.79 Å². The standard InChI is InChI=1S/C15H24ClN5O/c1-12(11-13-7-5-4-6-8-13)19-20-15(2,3)18-14(22)21(17)10-9-16/h4-8,12H,9-11,17H2,1-3H3,(H,18,22). The number of nitrogens with two attached hydrogens (primary N) is 1. The number of urea groups is 1. The highest BCUT2D eigenvalue weighted by atomic mass is 35.5. The summed E-state index contributed by atoms with van der Waals surface area (Å²) in [7, 11) is 0. The Balaban J connectivity index is 2.53. The van der Waals surface area contributed by atoms with Gasteiger partial charge < -0.3 is 5.32 Å². The van der Waals surface area contributed by atoms with Crippen LogP contribution in [0.1, 0.15) is 26.3 Å². The van der Waals surface area contributed by atoms with E-state index in [4.69, 9.17) is 17.4 Å². The molecule has 0 fully saturated rings. The minimum Gasteiger partial charge on any atom is -0.311 e. The first kappa shape index (κ1) is 18.4. The quantitative estimate of drug-likeness (QED) is 0.265. The van der Waals surface area contributed by atoms with Crippen molar-refractivity contribution < 1.29 is 4.79 Å². The maximum absolute atomic E-state index is 11.8. The molecule has 0 aromatic heterocycles. The lowest BCUT2D eigenvalue weighted by molar-refractivity contribution is 0.190. The summed E-state index contributed by atoms with van der Waals surface area (Å²) in [5.74, 6) is 5.84. The molecule has 6 nitrogen and oxygen atoms in total. The van der Waals surface area contributed by atoms with Crippen LogP contribution in [0.25, 0.3) is 0 Å². The van der Waals surface area contributed by atoms with Crippen molar-refractivity contribution in [3.05, 3.63) is 35.9 Å². The number of nitrogens with one attached hydrogen (secondary N) is 1. The van der Waals surface area contributed by atoms with Crippen LogP contribution >= 0.6 is 11.6 Å². The summed E-state index contributed by atoms with van der Waals surface area (Å²) >= 11 is 5.55. The summed E-state index contributed by atoms with van der Waals surface area (Å²) < 4.78 is 0. The molecule has 0 aliphatic rings. The number of nitrogens with zero attached hydrogens (tertiary/aromatic N) is 3. The van der Waals surface area contributed by atoms with Gasteiger partial charge in [-0.2, -0.15) is 10.2 Å². The number of amides is 2. The van der Waals surface area contributed by atoms with Crippen LogP contribution in [0.2, 0.25) is 0 Å². The maximum Gasteiger partial charge on any atom is 0.333 e. The second kappa shape index (κ2) is 8.70. The Morgan fingerprint density at radius 3 is 2.64 bits per heavy atom. The second-order valence-corrected chi connectivity index (χ2v) is 6.00. The zero-order valence-corrected chi connectivity index (χ0v) is 14.0. The molecule has 1 atom stereocenters. The number of carbonyl (C=O) groups is 1. The van der Waals surface area contributed by atoms with Crippen LogP contribution < -0.4 is 11.2 Å². The van der Waals surface area contributed by atoms with Gasteiger partial charge in [0.1, 0.15) is 5.66 Å². The Kier molecular flexibility index (Phi) is 7.27. The zero-order valence-electron chi connectivity index (χ0n) is 13.3. The molecule has 0 spiro atoms. The van der Waals surface area contributed by atoms with Crippen molar-refractivity contribution in [3.8, 4) is 0 Å². The summed E-state index contributed by atoms with van der Waals surface area (Å²) in [6, 6.07) is 9.67. The first-order valence-electron chi connectivity index (χ1n) is 7.20. The fourth-order valence-electron chi connectivity index (χ4n) is 1.79. The highest BCUT2D eigenvalue weighted by molar-refractivity contribution is 6.18. The van der Waals surface area contributed by atoms with Crippen LogP contribution in [0.4, 0.5) is 4.79 Å². The van der Waals surface area contributed by atoms with E-state index in [0.29, 0.717) is 0 Å². The molecular weight excluding hydrogens is 302 g/mol. The molecule has 1 aromatic rings. The molecule has 0 saturated carbocycles. The van der Waals surface area contributed by atoms with Crippen molar-refractivity contribution in [2.24, 2.45) is 16.1 Å². The smallest absolute Gasteiger partial charge is 0.311 e. The largest absolute Gasteiger partial charge is 0.333 e. The lowest BCUT2D eigenvalue weighted by Crippen LogP contribution is -2.52. The summed E-state index contributed by atoms with van der Waals surface area (Å²) in [6.45, 7) is 5.78. The normalized spacial score (nSPS) is 13.1. The van der Waals surface area contributed by atoms with E-state index in [-0.39, 0.29) is 18.5 Å². The molecule has 7 heteroatoms. The van der Waals surface area contributed by atoms with Crippen molar-refractivity contribution in [3.63, 3.8) is 0 Å². The Bertz CT molecular complexity index is 492. The first-order valence-corrected chi connectivity index (χ1v) is 7.74. The van der Waals surface area contributed by atoms with E-state index in [1.807, 2.05) is 25.1 Å². The molecular formula is C15H24ClN5O. The van der Waals surface area contributed by atoms with Crippen LogP contribution in [-0.2, 0) is 6.42 Å². The number of benzene rings is 1. The van der Waals surface area contributed by atoms with Gasteiger partial charge in [0, 0.05) is 5.88 Å². The average Bonchev–Trinajstić information content (AvgIpc) is 2.46. The summed E-state index contributed by atoms with van der Waals surface area (Å²) in [4.78, 5) is 11.8. The monoisotopic (exact) mass is 325 g/mol. The Morgan fingerprint density at radius 2 is 2.05 bits per heavy atom. The number of hydrogen-bond donors (Lipinski definition) is 2. The first-order chi connectivity index (χ1) is 10.3. The van der Waals surface area contributed by atoms with Crippen molar-refractivity contribution in [1.29, 1.82) is 0 Å². The second-order valence-electron chi connectivity index (χ2n) is 5.63. The lowest BCUT2D eigenvalue weighted by atomic mass is 10.1. The molecule has 0 aliphatic carbocycles. The molecule has 2 amide bonds. The molecule has 0 aliphatic heterocycles. The molecule has 1 rings (SSSR count). The maximum atomic E-state index is 11.8. The van der Waals surface area contributed by atoms with Crippen LogP contribution in [0.15, 0.2) is 40.6 Å². The van der Waals surface area contributed by atoms with Crippen LogP contribution in [-0.4, -0.2) is 35.2 Å². The van der Waals surface area contributed by atoms with Gasteiger partial charge in [0.2, 0.25) is 0 Å². The molecule has 1 unspecified atom stereocenters. The zero-order chi connectivity index (χ0) is 16.6. The van der Waals surface area contributed by atoms with Gasteiger partial charge in [0.15, 0.2) is 0 Å². The molecule has 22 heavy (non-hydrogen) atoms. The number of halogens is 1. The third kappa shape index (κ3) is 6.87. The van der Waals surface area contributed by atoms with Crippen molar-refractivity contribution >= 4 is 17.6 Å². The van der Waals surface area contributed by atoms with E-state index in [0.717, 1.165) is 11.4 Å². The van der Waals surface area contributed by atoms with Crippen LogP contribution in [0.3, 0.4) is 0 Å². The molecule has 1 aromatic carbocycles. The molecule has 0 bridgehead atoms. The van der Waals surface area contributed by atoms with E-state index in [1.54, 1.807) is 13.8 Å². The number of alkyl halides is 1. The van der Waals surface area contributed by atoms with Gasteiger partial charge in [-0.3, -0.25) is 5.01 Å². The van der Waals surface area contributed by atoms with Crippen molar-refractivity contribution in [2.45, 2.75) is 38.9 Å². The molecule has 3 N–H and O–H groups in total. The number of hydrogen-bond acceptors (Lipinski definition) is 4. The number of rotatable bonds is 7. The van der Waals surface area contributed by atoms with Gasteiger partial charge in [-0.1, -0.05) is 30.3 Å². The van der Waals surface area contributed by atoms with E-state index in [1.165, 1.54) is 5.56 Å². The predicted molar refractivity (Wildman–Crippen MR) is 88.7 cm³/mol. The molecule has 0 saturated heterocycles. The fourth-order valence-corrected chi connectivity index (χ4v) is 1.97. The predicted octanol–water partition coefficient (Wildman–Crippen LogP) is 2.93. The van der Waals surface area contributed by atoms with E-state index < -0.39 is 11.7 Å². The molecule has 0 heterocycles. The summed E-state index contributed by atoms with van der Waals surface area (Å²) in [5, 5.41) is 12.2. The minimum absolute atomic E-state index is 0.0235. The topological polar surface area (TPSA) is 83.1 Å². The number of carbonyl (C=O) groups excluding carboxylic acids is 1. The van der Waals surface area contributed by atoms with E-state index in [2.05, 4.69) is 27.7 Å². The van der Waals surface area contributed by atoms with Crippen LogP contribution in [0, 0.1) is 0 Å². The highest BCUT2D eigenvalue weighted by Crippen LogP contribution is 2.10.